The lowest BCUT2D eigenvalue weighted by Crippen LogP contribution is -2.35. The molecule has 1 N–H and O–H groups in total. The molecular weight excluding hydrogens is 506 g/mol. The summed E-state index contributed by atoms with van der Waals surface area (Å²) in [6, 6.07) is 24.1. The molecule has 2 aliphatic rings. The van der Waals surface area contributed by atoms with Gasteiger partial charge in [0, 0.05) is 27.7 Å². The van der Waals surface area contributed by atoms with Crippen molar-refractivity contribution in [2.24, 2.45) is 10.1 Å². The van der Waals surface area contributed by atoms with E-state index in [4.69, 9.17) is 10.1 Å². The van der Waals surface area contributed by atoms with Gasteiger partial charge in [0.1, 0.15) is 17.4 Å². The first kappa shape index (κ1) is 24.9. The number of hydrazone groups is 1. The molecule has 1 aromatic heterocycles. The molecule has 7 nitrogen and oxygen atoms in total. The van der Waals surface area contributed by atoms with Gasteiger partial charge in [-0.2, -0.15) is 15.1 Å². The number of ether oxygens (including phenoxy) is 1. The summed E-state index contributed by atoms with van der Waals surface area (Å²) in [5, 5.41) is 17.1. The third-order valence-electron chi connectivity index (χ3n) is 6.99. The number of nitrogens with zero attached hydrogens (tertiary/aromatic N) is 4. The number of carbonyl (C=O) groups excluding carboxylic acids is 1. The highest BCUT2D eigenvalue weighted by atomic mass is 32.2. The minimum absolute atomic E-state index is 0.0266. The molecule has 0 radical (unpaired) electrons. The number of hydrogen-bond donors (Lipinski definition) is 1. The molecule has 0 aliphatic carbocycles. The van der Waals surface area contributed by atoms with Crippen molar-refractivity contribution in [1.29, 1.82) is 5.41 Å². The lowest BCUT2D eigenvalue weighted by molar-refractivity contribution is -0.114. The predicted molar refractivity (Wildman–Crippen MR) is 159 cm³/mol. The Hall–Kier alpha value is -4.43. The molecule has 1 amide bonds. The van der Waals surface area contributed by atoms with E-state index >= 15 is 0 Å². The van der Waals surface area contributed by atoms with Crippen molar-refractivity contribution < 1.29 is 9.53 Å². The van der Waals surface area contributed by atoms with Crippen LogP contribution in [0.1, 0.15) is 27.9 Å². The van der Waals surface area contributed by atoms with Crippen molar-refractivity contribution >= 4 is 50.7 Å². The van der Waals surface area contributed by atoms with Gasteiger partial charge in [-0.25, -0.2) is 0 Å². The Morgan fingerprint density at radius 3 is 2.51 bits per heavy atom. The van der Waals surface area contributed by atoms with Gasteiger partial charge in [0.15, 0.2) is 5.84 Å². The summed E-state index contributed by atoms with van der Waals surface area (Å²) in [6.45, 7) is 7.24. The van der Waals surface area contributed by atoms with Crippen LogP contribution in [0.5, 0.6) is 5.75 Å². The van der Waals surface area contributed by atoms with Crippen LogP contribution in [0.3, 0.4) is 0 Å². The van der Waals surface area contributed by atoms with E-state index in [1.54, 1.807) is 6.08 Å². The molecule has 0 unspecified atom stereocenters. The molecule has 0 saturated carbocycles. The van der Waals surface area contributed by atoms with Gasteiger partial charge in [-0.3, -0.25) is 10.2 Å². The maximum absolute atomic E-state index is 13.1. The number of carbonyl (C=O) groups is 1. The van der Waals surface area contributed by atoms with E-state index in [0.29, 0.717) is 23.4 Å². The highest BCUT2D eigenvalue weighted by Gasteiger charge is 2.36. The first-order chi connectivity index (χ1) is 18.9. The van der Waals surface area contributed by atoms with Crippen LogP contribution in [0.25, 0.3) is 17.0 Å². The Labute approximate surface area is 231 Å². The van der Waals surface area contributed by atoms with Crippen molar-refractivity contribution in [3.63, 3.8) is 0 Å². The lowest BCUT2D eigenvalue weighted by Gasteiger charge is -2.20. The summed E-state index contributed by atoms with van der Waals surface area (Å²) >= 11 is 1.31. The fraction of sp³-hybridized carbons (Fsp3) is 0.161. The highest BCUT2D eigenvalue weighted by Crippen LogP contribution is 2.33. The number of aryl methyl sites for hydroxylation is 2. The lowest BCUT2D eigenvalue weighted by atomic mass is 10.1. The molecule has 3 aromatic carbocycles. The third kappa shape index (κ3) is 4.57. The maximum atomic E-state index is 13.1. The number of amides is 1. The van der Waals surface area contributed by atoms with Gasteiger partial charge in [0.05, 0.1) is 12.1 Å². The molecule has 0 spiro atoms. The van der Waals surface area contributed by atoms with Crippen LogP contribution in [0.4, 0.5) is 0 Å². The maximum Gasteiger partial charge on any atom is 0.283 e. The first-order valence-corrected chi connectivity index (χ1v) is 13.6. The third-order valence-corrected chi connectivity index (χ3v) is 7.94. The average Bonchev–Trinajstić information content (AvgIpc) is 3.47. The molecule has 39 heavy (non-hydrogen) atoms. The van der Waals surface area contributed by atoms with Crippen LogP contribution in [0.15, 0.2) is 88.5 Å². The average molecular weight is 534 g/mol. The Balaban J connectivity index is 1.32. The fourth-order valence-electron chi connectivity index (χ4n) is 4.84. The van der Waals surface area contributed by atoms with Gasteiger partial charge < -0.3 is 9.30 Å². The smallest absolute Gasteiger partial charge is 0.283 e. The van der Waals surface area contributed by atoms with E-state index in [2.05, 4.69) is 20.7 Å². The van der Waals surface area contributed by atoms with Crippen molar-refractivity contribution in [1.82, 2.24) is 9.58 Å². The molecule has 8 heteroatoms. The van der Waals surface area contributed by atoms with Crippen LogP contribution >= 0.6 is 11.8 Å². The second kappa shape index (κ2) is 10.0. The van der Waals surface area contributed by atoms with Crippen molar-refractivity contribution in [3.05, 3.63) is 106 Å². The number of para-hydroxylation sites is 2. The number of thioether (sulfide) groups is 1. The number of nitrogens with one attached hydrogen (secondary N) is 1. The number of aromatic nitrogens is 1. The number of benzene rings is 3. The standard InChI is InChI=1S/C31H27N5O2S/c1-19-12-14-22(15-13-19)30-34-36-28(32)25(29(37)33-31(36)39-30)18-24-21(3)35(26-10-6-5-9-23(24)26)16-17-38-27-11-7-4-8-20(27)2/h4-15,18,32H,16-17H2,1-3H3. The van der Waals surface area contributed by atoms with Crippen LogP contribution in [-0.2, 0) is 11.3 Å². The van der Waals surface area contributed by atoms with Gasteiger partial charge in [0.25, 0.3) is 5.91 Å². The molecule has 4 aromatic rings. The highest BCUT2D eigenvalue weighted by molar-refractivity contribution is 8.27. The number of fused-ring (bicyclic) bond motifs is 2. The monoisotopic (exact) mass is 533 g/mol. The second-order valence-corrected chi connectivity index (χ2v) is 10.5. The van der Waals surface area contributed by atoms with E-state index in [9.17, 15) is 4.79 Å². The molecule has 6 rings (SSSR count). The second-order valence-electron chi connectivity index (χ2n) is 9.57. The minimum atomic E-state index is -0.432. The summed E-state index contributed by atoms with van der Waals surface area (Å²) in [4.78, 5) is 17.4. The van der Waals surface area contributed by atoms with Crippen LogP contribution in [-0.4, -0.2) is 38.1 Å². The Bertz CT molecular complexity index is 1730. The van der Waals surface area contributed by atoms with Gasteiger partial charge >= 0.3 is 0 Å². The predicted octanol–water partition coefficient (Wildman–Crippen LogP) is 6.31. The number of hydrogen-bond acceptors (Lipinski definition) is 5. The van der Waals surface area contributed by atoms with E-state index in [1.807, 2.05) is 87.5 Å². The van der Waals surface area contributed by atoms with E-state index in [-0.39, 0.29) is 11.4 Å². The van der Waals surface area contributed by atoms with Crippen LogP contribution in [0.2, 0.25) is 0 Å². The molecule has 3 heterocycles. The van der Waals surface area contributed by atoms with E-state index < -0.39 is 5.91 Å². The van der Waals surface area contributed by atoms with Crippen molar-refractivity contribution in [2.45, 2.75) is 27.3 Å². The molecule has 0 fully saturated rings. The Morgan fingerprint density at radius 1 is 0.974 bits per heavy atom. The zero-order chi connectivity index (χ0) is 27.1. The quantitative estimate of drug-likeness (QED) is 0.294. The number of amidine groups is 2. The molecule has 2 aliphatic heterocycles. The fourth-order valence-corrected chi connectivity index (χ4v) is 5.74. The van der Waals surface area contributed by atoms with Gasteiger partial charge in [0.2, 0.25) is 5.17 Å². The molecule has 194 valence electrons. The van der Waals surface area contributed by atoms with Gasteiger partial charge in [-0.1, -0.05) is 66.2 Å². The Morgan fingerprint density at radius 2 is 1.72 bits per heavy atom. The summed E-state index contributed by atoms with van der Waals surface area (Å²) in [5.41, 5.74) is 6.33. The first-order valence-electron chi connectivity index (χ1n) is 12.7. The van der Waals surface area contributed by atoms with Gasteiger partial charge in [-0.05, 0) is 56.3 Å². The summed E-state index contributed by atoms with van der Waals surface area (Å²) in [6.07, 6.45) is 1.78. The summed E-state index contributed by atoms with van der Waals surface area (Å²) < 4.78 is 8.27. The summed E-state index contributed by atoms with van der Waals surface area (Å²) in [5.74, 6) is 0.467. The van der Waals surface area contributed by atoms with Crippen molar-refractivity contribution in [3.8, 4) is 5.75 Å². The van der Waals surface area contributed by atoms with E-state index in [1.165, 1.54) is 16.8 Å². The Kier molecular flexibility index (Phi) is 6.40. The van der Waals surface area contributed by atoms with Crippen molar-refractivity contribution in [2.75, 3.05) is 6.61 Å². The van der Waals surface area contributed by atoms with E-state index in [0.717, 1.165) is 44.6 Å². The minimum Gasteiger partial charge on any atom is -0.491 e. The summed E-state index contributed by atoms with van der Waals surface area (Å²) in [7, 11) is 0. The van der Waals surface area contributed by atoms with Crippen LogP contribution < -0.4 is 4.74 Å². The number of rotatable bonds is 6. The number of aliphatic imine (C=N–C) groups is 1. The molecular formula is C31H27N5O2S. The molecule has 0 bridgehead atoms. The molecule has 0 atom stereocenters. The van der Waals surface area contributed by atoms with Crippen LogP contribution in [0, 0.1) is 26.2 Å². The largest absolute Gasteiger partial charge is 0.491 e. The topological polar surface area (TPSA) is 83.0 Å². The zero-order valence-corrected chi connectivity index (χ0v) is 22.7. The zero-order valence-electron chi connectivity index (χ0n) is 21.9. The SMILES string of the molecule is Cc1ccc(C2=NN3C(=N)C(=Cc4c(C)n(CCOc5ccccc5C)c5ccccc45)C(=O)N=C3S2)cc1. The normalized spacial score (nSPS) is 16.1. The van der Waals surface area contributed by atoms with Gasteiger partial charge in [-0.15, -0.1) is 0 Å². The molecule has 0 saturated heterocycles.